The minimum atomic E-state index is -2.74. The van der Waals surface area contributed by atoms with Crippen LogP contribution in [-0.4, -0.2) is 57.3 Å². The van der Waals surface area contributed by atoms with Crippen LogP contribution in [0.5, 0.6) is 0 Å². The first-order valence-corrected chi connectivity index (χ1v) is 11.5. The Morgan fingerprint density at radius 1 is 1.24 bits per heavy atom. The highest BCUT2D eigenvalue weighted by atomic mass is 35.5. The van der Waals surface area contributed by atoms with E-state index in [0.29, 0.717) is 43.3 Å². The van der Waals surface area contributed by atoms with Crippen molar-refractivity contribution in [3.63, 3.8) is 0 Å². The van der Waals surface area contributed by atoms with E-state index in [9.17, 15) is 13.6 Å². The van der Waals surface area contributed by atoms with Crippen LogP contribution in [0.3, 0.4) is 0 Å². The third-order valence-electron chi connectivity index (χ3n) is 5.73. The second kappa shape index (κ2) is 11.3. The van der Waals surface area contributed by atoms with Crippen LogP contribution in [0.2, 0.25) is 5.02 Å². The third-order valence-corrected chi connectivity index (χ3v) is 6.06. The van der Waals surface area contributed by atoms with E-state index < -0.39 is 18.5 Å². The van der Waals surface area contributed by atoms with Gasteiger partial charge in [-0.05, 0) is 35.4 Å². The Balaban J connectivity index is 1.68. The number of alkyl halides is 2. The highest BCUT2D eigenvalue weighted by Gasteiger charge is 2.30. The zero-order chi connectivity index (χ0) is 26.5. The van der Waals surface area contributed by atoms with Crippen LogP contribution in [0.1, 0.15) is 28.5 Å². The fourth-order valence-electron chi connectivity index (χ4n) is 3.88. The van der Waals surface area contributed by atoms with E-state index >= 15 is 0 Å². The normalized spacial score (nSPS) is 11.9. The van der Waals surface area contributed by atoms with Gasteiger partial charge in [-0.2, -0.15) is 13.9 Å². The zero-order valence-electron chi connectivity index (χ0n) is 20.0. The molecule has 12 heteroatoms. The van der Waals surface area contributed by atoms with Gasteiger partial charge in [0.05, 0.1) is 23.9 Å². The summed E-state index contributed by atoms with van der Waals surface area (Å²) in [5, 5.41) is 15.4. The van der Waals surface area contributed by atoms with E-state index in [1.165, 1.54) is 24.4 Å². The van der Waals surface area contributed by atoms with E-state index in [1.54, 1.807) is 61.9 Å². The van der Waals surface area contributed by atoms with E-state index in [4.69, 9.17) is 21.7 Å². The summed E-state index contributed by atoms with van der Waals surface area (Å²) in [6, 6.07) is 11.0. The summed E-state index contributed by atoms with van der Waals surface area (Å²) in [6.07, 6.45) is 5.85. The summed E-state index contributed by atoms with van der Waals surface area (Å²) in [7, 11) is 3.06. The molecular weight excluding hydrogens is 504 g/mol. The van der Waals surface area contributed by atoms with Crippen LogP contribution in [0.4, 0.5) is 8.78 Å². The van der Waals surface area contributed by atoms with Crippen molar-refractivity contribution in [1.82, 2.24) is 30.0 Å². The quantitative estimate of drug-likeness (QED) is 0.221. The summed E-state index contributed by atoms with van der Waals surface area (Å²) in [5.41, 5.74) is 2.73. The van der Waals surface area contributed by atoms with Crippen molar-refractivity contribution in [1.29, 1.82) is 5.41 Å². The van der Waals surface area contributed by atoms with Gasteiger partial charge in [-0.15, -0.1) is 0 Å². The maximum absolute atomic E-state index is 13.7. The molecule has 2 aromatic carbocycles. The van der Waals surface area contributed by atoms with Crippen LogP contribution in [0, 0.1) is 5.41 Å². The lowest BCUT2D eigenvalue weighted by molar-refractivity contribution is 0.0566. The number of nitrogens with zero attached hydrogens (tertiary/aromatic N) is 4. The summed E-state index contributed by atoms with van der Waals surface area (Å²) in [4.78, 5) is 22.3. The van der Waals surface area contributed by atoms with Crippen molar-refractivity contribution in [2.45, 2.75) is 12.6 Å². The molecule has 0 aliphatic carbocycles. The number of methoxy groups -OCH3 is 1. The van der Waals surface area contributed by atoms with Crippen LogP contribution >= 0.6 is 11.6 Å². The Bertz CT molecular complexity index is 1370. The van der Waals surface area contributed by atoms with Crippen LogP contribution in [0.15, 0.2) is 67.3 Å². The summed E-state index contributed by atoms with van der Waals surface area (Å²) in [6.45, 7) is -2.64. The molecule has 1 atom stereocenters. The average molecular weight is 528 g/mol. The van der Waals surface area contributed by atoms with Gasteiger partial charge in [-0.25, -0.2) is 9.67 Å². The Morgan fingerprint density at radius 2 is 2.00 bits per heavy atom. The molecule has 2 aromatic heterocycles. The predicted octanol–water partition coefficient (Wildman–Crippen LogP) is 4.97. The van der Waals surface area contributed by atoms with Crippen molar-refractivity contribution in [3.05, 3.63) is 83.4 Å². The molecule has 4 rings (SSSR count). The number of H-pyrrole nitrogens is 1. The van der Waals surface area contributed by atoms with Gasteiger partial charge in [0, 0.05) is 49.4 Å². The molecule has 192 valence electrons. The number of rotatable bonds is 8. The maximum Gasteiger partial charge on any atom is 0.333 e. The molecule has 37 heavy (non-hydrogen) atoms. The van der Waals surface area contributed by atoms with Gasteiger partial charge in [0.25, 0.3) is 5.91 Å². The van der Waals surface area contributed by atoms with Crippen molar-refractivity contribution >= 4 is 23.5 Å². The number of hydrogen-bond acceptors (Lipinski definition) is 5. The van der Waals surface area contributed by atoms with E-state index in [2.05, 4.69) is 20.4 Å². The summed E-state index contributed by atoms with van der Waals surface area (Å²) >= 11 is 6.41. The van der Waals surface area contributed by atoms with Crippen molar-refractivity contribution in [2.75, 3.05) is 20.8 Å². The molecule has 0 spiro atoms. The molecule has 0 fully saturated rings. The maximum atomic E-state index is 13.7. The number of nitrogens with one attached hydrogen (secondary N) is 3. The molecule has 0 saturated carbocycles. The minimum absolute atomic E-state index is 0.0971. The Morgan fingerprint density at radius 3 is 2.59 bits per heavy atom. The first-order chi connectivity index (χ1) is 17.8. The second-order valence-electron chi connectivity index (χ2n) is 7.99. The van der Waals surface area contributed by atoms with Gasteiger partial charge in [0.1, 0.15) is 5.82 Å². The number of amides is 1. The Labute approximate surface area is 216 Å². The number of imidazole rings is 1. The number of carbonyl (C=O) groups excluding carboxylic acids is 1. The predicted molar refractivity (Wildman–Crippen MR) is 136 cm³/mol. The van der Waals surface area contributed by atoms with Crippen molar-refractivity contribution < 1.29 is 18.3 Å². The molecule has 0 aliphatic rings. The number of hydrogen-bond donors (Lipinski definition) is 3. The van der Waals surface area contributed by atoms with E-state index in [0.717, 1.165) is 0 Å². The van der Waals surface area contributed by atoms with E-state index in [1.807, 2.05) is 0 Å². The van der Waals surface area contributed by atoms with Gasteiger partial charge in [0.2, 0.25) is 0 Å². The molecule has 0 saturated heterocycles. The van der Waals surface area contributed by atoms with Crippen LogP contribution < -0.4 is 5.32 Å². The minimum Gasteiger partial charge on any atom is -0.382 e. The summed E-state index contributed by atoms with van der Waals surface area (Å²) < 4.78 is 31.7. The number of ether oxygens (including phenoxy) is 1. The molecule has 2 heterocycles. The Kier molecular flexibility index (Phi) is 7.95. The van der Waals surface area contributed by atoms with Crippen LogP contribution in [0.25, 0.3) is 22.5 Å². The van der Waals surface area contributed by atoms with Gasteiger partial charge >= 0.3 is 6.55 Å². The molecule has 3 N–H and O–H groups in total. The number of aromatic amines is 1. The lowest BCUT2D eigenvalue weighted by Crippen LogP contribution is -2.46. The number of guanidine groups is 1. The van der Waals surface area contributed by atoms with Gasteiger partial charge < -0.3 is 15.0 Å². The Hall–Kier alpha value is -4.09. The molecule has 9 nitrogen and oxygen atoms in total. The van der Waals surface area contributed by atoms with Crippen molar-refractivity contribution in [3.8, 4) is 22.5 Å². The lowest BCUT2D eigenvalue weighted by Gasteiger charge is -2.32. The smallest absolute Gasteiger partial charge is 0.333 e. The molecular formula is C25H24ClF2N7O2. The molecule has 0 aliphatic heterocycles. The SMILES string of the molecule is CNC(=N)N(C(=O)c1ccc(-c2cnn(C(F)F)c2)cc1)C(COC)c1ccc(Cl)c(-c2ncc[nH]2)c1. The second-order valence-corrected chi connectivity index (χ2v) is 8.39. The molecule has 4 aromatic rings. The lowest BCUT2D eigenvalue weighted by atomic mass is 10.0. The largest absolute Gasteiger partial charge is 0.382 e. The topological polar surface area (TPSA) is 112 Å². The van der Waals surface area contributed by atoms with Crippen LogP contribution in [-0.2, 0) is 4.74 Å². The summed E-state index contributed by atoms with van der Waals surface area (Å²) in [5.74, 6) is -0.0232. The standard InChI is InChI=1S/C25H24ClF2N7O2/c1-30-25(29)35(21(14-37-2)17-7-8-20(26)19(11-17)22-31-9-10-32-22)23(36)16-5-3-15(4-6-16)18-12-33-34(13-18)24(27)28/h3-13,21,24H,14H2,1-2H3,(H2,29,30)(H,31,32). The number of benzene rings is 2. The van der Waals surface area contributed by atoms with Gasteiger partial charge in [-0.3, -0.25) is 15.1 Å². The number of halogens is 3. The first kappa shape index (κ1) is 26.0. The molecule has 0 radical (unpaired) electrons. The average Bonchev–Trinajstić information content (AvgIpc) is 3.62. The van der Waals surface area contributed by atoms with E-state index in [-0.39, 0.29) is 12.6 Å². The highest BCUT2D eigenvalue weighted by molar-refractivity contribution is 6.33. The number of carbonyl (C=O) groups is 1. The van der Waals surface area contributed by atoms with Gasteiger partial charge in [0.15, 0.2) is 5.96 Å². The molecule has 1 unspecified atom stereocenters. The fraction of sp³-hybridized carbons (Fsp3) is 0.200. The first-order valence-electron chi connectivity index (χ1n) is 11.1. The number of aromatic nitrogens is 4. The fourth-order valence-corrected chi connectivity index (χ4v) is 4.09. The van der Waals surface area contributed by atoms with Gasteiger partial charge in [-0.1, -0.05) is 29.8 Å². The highest BCUT2D eigenvalue weighted by Crippen LogP contribution is 2.32. The molecule has 0 bridgehead atoms. The van der Waals surface area contributed by atoms with Crippen molar-refractivity contribution in [2.24, 2.45) is 0 Å². The molecule has 1 amide bonds. The monoisotopic (exact) mass is 527 g/mol. The zero-order valence-corrected chi connectivity index (χ0v) is 20.7. The third kappa shape index (κ3) is 5.52.